The number of nitrogens with one attached hydrogen (secondary N) is 1. The molecule has 0 aromatic heterocycles. The molecule has 1 atom stereocenters. The Hall–Kier alpha value is -2.66. The van der Waals surface area contributed by atoms with Crippen LogP contribution in [-0.2, 0) is 4.79 Å². The molecule has 0 unspecified atom stereocenters. The molecule has 114 valence electrons. The summed E-state index contributed by atoms with van der Waals surface area (Å²) in [5.74, 6) is 0.158. The molecule has 2 aromatic rings. The number of amides is 1. The molecule has 0 spiro atoms. The smallest absolute Gasteiger partial charge is 0.273 e. The number of hydrogen-bond acceptors (Lipinski definition) is 4. The number of hydrazone groups is 1. The number of aliphatic hydroxyl groups excluding tert-OH is 1. The van der Waals surface area contributed by atoms with Gasteiger partial charge < -0.3 is 9.84 Å². The Morgan fingerprint density at radius 3 is 2.77 bits per heavy atom. The van der Waals surface area contributed by atoms with E-state index in [2.05, 4.69) is 10.5 Å². The fourth-order valence-corrected chi connectivity index (χ4v) is 1.87. The van der Waals surface area contributed by atoms with Crippen LogP contribution in [0.5, 0.6) is 5.75 Å². The molecule has 0 saturated carbocycles. The van der Waals surface area contributed by atoms with E-state index in [4.69, 9.17) is 4.74 Å². The number of carbonyl (C=O) groups excluding carboxylic acids is 1. The van der Waals surface area contributed by atoms with Gasteiger partial charge in [0.15, 0.2) is 6.10 Å². The van der Waals surface area contributed by atoms with Gasteiger partial charge in [0.2, 0.25) is 0 Å². The molecule has 5 heteroatoms. The summed E-state index contributed by atoms with van der Waals surface area (Å²) in [6.07, 6.45) is 0.256. The van der Waals surface area contributed by atoms with Gasteiger partial charge >= 0.3 is 0 Å². The zero-order valence-electron chi connectivity index (χ0n) is 12.3. The van der Waals surface area contributed by atoms with Crippen LogP contribution in [0, 0.1) is 0 Å². The average molecular weight is 298 g/mol. The van der Waals surface area contributed by atoms with Gasteiger partial charge in [-0.2, -0.15) is 5.10 Å². The number of hydrogen-bond donors (Lipinski definition) is 2. The van der Waals surface area contributed by atoms with E-state index in [-0.39, 0.29) is 0 Å². The molecule has 5 nitrogen and oxygen atoms in total. The van der Waals surface area contributed by atoms with E-state index in [0.717, 1.165) is 11.3 Å². The van der Waals surface area contributed by atoms with E-state index in [1.807, 2.05) is 37.3 Å². The van der Waals surface area contributed by atoms with Crippen molar-refractivity contribution in [2.45, 2.75) is 13.0 Å². The van der Waals surface area contributed by atoms with Crippen LogP contribution >= 0.6 is 0 Å². The standard InChI is InChI=1S/C17H18N2O3/c1-2-22-15-10-6-7-13(11-15)12-18-19-17(21)16(20)14-8-4-3-5-9-14/h3-12,16,20H,2H2,1H3,(H,19,21)/b18-12-/t16-/m0/s1. The van der Waals surface area contributed by atoms with Crippen molar-refractivity contribution >= 4 is 12.1 Å². The highest BCUT2D eigenvalue weighted by molar-refractivity contribution is 5.85. The number of nitrogens with zero attached hydrogens (tertiary/aromatic N) is 1. The molecule has 1 amide bonds. The van der Waals surface area contributed by atoms with Crippen molar-refractivity contribution < 1.29 is 14.6 Å². The third-order valence-corrected chi connectivity index (χ3v) is 2.92. The zero-order chi connectivity index (χ0) is 15.8. The Kier molecular flexibility index (Phi) is 5.68. The summed E-state index contributed by atoms with van der Waals surface area (Å²) in [6.45, 7) is 2.49. The molecule has 2 rings (SSSR count). The van der Waals surface area contributed by atoms with Gasteiger partial charge in [-0.3, -0.25) is 4.79 Å². The quantitative estimate of drug-likeness (QED) is 0.635. The van der Waals surface area contributed by atoms with Crippen LogP contribution in [0.25, 0.3) is 0 Å². The van der Waals surface area contributed by atoms with Gasteiger partial charge in [-0.15, -0.1) is 0 Å². The van der Waals surface area contributed by atoms with Crippen molar-refractivity contribution in [1.29, 1.82) is 0 Å². The van der Waals surface area contributed by atoms with Gasteiger partial charge in [-0.25, -0.2) is 5.43 Å². The first-order chi connectivity index (χ1) is 10.7. The number of rotatable bonds is 6. The largest absolute Gasteiger partial charge is 0.494 e. The van der Waals surface area contributed by atoms with Gasteiger partial charge in [0, 0.05) is 0 Å². The highest BCUT2D eigenvalue weighted by Crippen LogP contribution is 2.13. The molecule has 2 N–H and O–H groups in total. The summed E-state index contributed by atoms with van der Waals surface area (Å²) < 4.78 is 5.38. The average Bonchev–Trinajstić information content (AvgIpc) is 2.55. The maximum Gasteiger partial charge on any atom is 0.273 e. The molecule has 0 heterocycles. The molecule has 0 saturated heterocycles. The Balaban J connectivity index is 1.94. The van der Waals surface area contributed by atoms with Gasteiger partial charge in [0.05, 0.1) is 12.8 Å². The SMILES string of the molecule is CCOc1cccc(/C=N\NC(=O)[C@@H](O)c2ccccc2)c1. The third kappa shape index (κ3) is 4.43. The molecule has 0 radical (unpaired) electrons. The topological polar surface area (TPSA) is 70.9 Å². The summed E-state index contributed by atoms with van der Waals surface area (Å²) in [5.41, 5.74) is 3.63. The van der Waals surface area contributed by atoms with Gasteiger partial charge in [-0.1, -0.05) is 42.5 Å². The van der Waals surface area contributed by atoms with Crippen LogP contribution in [0.15, 0.2) is 59.7 Å². The minimum Gasteiger partial charge on any atom is -0.494 e. The van der Waals surface area contributed by atoms with E-state index in [9.17, 15) is 9.90 Å². The second-order valence-electron chi connectivity index (χ2n) is 4.55. The minimum atomic E-state index is -1.24. The Labute approximate surface area is 129 Å². The van der Waals surface area contributed by atoms with E-state index < -0.39 is 12.0 Å². The van der Waals surface area contributed by atoms with E-state index in [0.29, 0.717) is 12.2 Å². The van der Waals surface area contributed by atoms with Crippen LogP contribution in [0.4, 0.5) is 0 Å². The van der Waals surface area contributed by atoms with Crippen molar-refractivity contribution in [3.8, 4) is 5.75 Å². The van der Waals surface area contributed by atoms with Crippen molar-refractivity contribution in [1.82, 2.24) is 5.43 Å². The van der Waals surface area contributed by atoms with Crippen LogP contribution < -0.4 is 10.2 Å². The summed E-state index contributed by atoms with van der Waals surface area (Å²) in [7, 11) is 0. The molecule has 0 aliphatic rings. The highest BCUT2D eigenvalue weighted by Gasteiger charge is 2.15. The normalized spacial score (nSPS) is 12.1. The van der Waals surface area contributed by atoms with Crippen LogP contribution in [0.2, 0.25) is 0 Å². The Morgan fingerprint density at radius 2 is 2.05 bits per heavy atom. The number of aliphatic hydroxyl groups is 1. The lowest BCUT2D eigenvalue weighted by atomic mass is 10.1. The number of benzene rings is 2. The van der Waals surface area contributed by atoms with Crippen LogP contribution in [0.3, 0.4) is 0 Å². The summed E-state index contributed by atoms with van der Waals surface area (Å²) >= 11 is 0. The molecule has 0 aliphatic carbocycles. The summed E-state index contributed by atoms with van der Waals surface area (Å²) in [4.78, 5) is 11.8. The van der Waals surface area contributed by atoms with Gasteiger partial charge in [0.1, 0.15) is 5.75 Å². The van der Waals surface area contributed by atoms with E-state index >= 15 is 0 Å². The molecule has 0 aliphatic heterocycles. The van der Waals surface area contributed by atoms with Crippen molar-refractivity contribution in [3.63, 3.8) is 0 Å². The lowest BCUT2D eigenvalue weighted by molar-refractivity contribution is -0.129. The molecule has 0 fully saturated rings. The lowest BCUT2D eigenvalue weighted by Gasteiger charge is -2.08. The van der Waals surface area contributed by atoms with Gasteiger partial charge in [-0.05, 0) is 30.2 Å². The maximum absolute atomic E-state index is 11.8. The first kappa shape index (κ1) is 15.7. The van der Waals surface area contributed by atoms with Gasteiger partial charge in [0.25, 0.3) is 5.91 Å². The minimum absolute atomic E-state index is 0.522. The van der Waals surface area contributed by atoms with Crippen molar-refractivity contribution in [3.05, 3.63) is 65.7 Å². The van der Waals surface area contributed by atoms with Crippen molar-refractivity contribution in [2.75, 3.05) is 6.61 Å². The summed E-state index contributed by atoms with van der Waals surface area (Å²) in [5, 5.41) is 13.7. The monoisotopic (exact) mass is 298 g/mol. The molecular weight excluding hydrogens is 280 g/mol. The van der Waals surface area contributed by atoms with E-state index in [1.54, 1.807) is 24.3 Å². The number of ether oxygens (including phenoxy) is 1. The fraction of sp³-hybridized carbons (Fsp3) is 0.176. The van der Waals surface area contributed by atoms with Crippen molar-refractivity contribution in [2.24, 2.45) is 5.10 Å². The first-order valence-electron chi connectivity index (χ1n) is 6.99. The second-order valence-corrected chi connectivity index (χ2v) is 4.55. The predicted molar refractivity (Wildman–Crippen MR) is 84.7 cm³/mol. The van der Waals surface area contributed by atoms with E-state index in [1.165, 1.54) is 6.21 Å². The fourth-order valence-electron chi connectivity index (χ4n) is 1.87. The first-order valence-corrected chi connectivity index (χ1v) is 6.99. The summed E-state index contributed by atoms with van der Waals surface area (Å²) in [6, 6.07) is 16.0. The zero-order valence-corrected chi connectivity index (χ0v) is 12.3. The lowest BCUT2D eigenvalue weighted by Crippen LogP contribution is -2.25. The predicted octanol–water partition coefficient (Wildman–Crippen LogP) is 2.27. The molecular formula is C17H18N2O3. The number of carbonyl (C=O) groups is 1. The molecule has 0 bridgehead atoms. The Bertz CT molecular complexity index is 641. The Morgan fingerprint density at radius 1 is 1.27 bits per heavy atom. The third-order valence-electron chi connectivity index (χ3n) is 2.92. The van der Waals surface area contributed by atoms with Crippen LogP contribution in [0.1, 0.15) is 24.2 Å². The molecule has 22 heavy (non-hydrogen) atoms. The van der Waals surface area contributed by atoms with Crippen LogP contribution in [-0.4, -0.2) is 23.8 Å². The molecule has 2 aromatic carbocycles. The highest BCUT2D eigenvalue weighted by atomic mass is 16.5. The maximum atomic E-state index is 11.8. The second kappa shape index (κ2) is 7.95.